The Morgan fingerprint density at radius 2 is 0.900 bits per heavy atom. The highest BCUT2D eigenvalue weighted by Gasteiger charge is 2.17. The number of hydrogen-bond donors (Lipinski definition) is 0. The fourth-order valence-corrected chi connectivity index (χ4v) is 6.09. The minimum Gasteiger partial charge on any atom is -0.264 e. The lowest BCUT2D eigenvalue weighted by Crippen LogP contribution is -1.92. The van der Waals surface area contributed by atoms with E-state index in [9.17, 15) is 0 Å². The van der Waals surface area contributed by atoms with Crippen LogP contribution in [0.25, 0.3) is 76.8 Å². The average Bonchev–Trinajstić information content (AvgIpc) is 3.04. The molecule has 2 heteroatoms. The van der Waals surface area contributed by atoms with E-state index in [2.05, 4.69) is 119 Å². The lowest BCUT2D eigenvalue weighted by Gasteiger charge is -2.19. The minimum absolute atomic E-state index is 1.12. The maximum absolute atomic E-state index is 4.46. The Bertz CT molecular complexity index is 2100. The van der Waals surface area contributed by atoms with Crippen molar-refractivity contribution in [2.45, 2.75) is 0 Å². The molecule has 186 valence electrons. The second kappa shape index (κ2) is 9.14. The molecule has 0 aliphatic rings. The zero-order valence-electron chi connectivity index (χ0n) is 21.8. The summed E-state index contributed by atoms with van der Waals surface area (Å²) in [6, 6.07) is 43.9. The quantitative estimate of drug-likeness (QED) is 0.221. The molecule has 0 radical (unpaired) electrons. The summed E-state index contributed by atoms with van der Waals surface area (Å²) in [5.41, 5.74) is 9.51. The highest BCUT2D eigenvalue weighted by Crippen LogP contribution is 2.45. The van der Waals surface area contributed by atoms with Crippen molar-refractivity contribution >= 4 is 32.3 Å². The van der Waals surface area contributed by atoms with Gasteiger partial charge in [-0.2, -0.15) is 0 Å². The largest absolute Gasteiger partial charge is 0.264 e. The van der Waals surface area contributed by atoms with Crippen LogP contribution in [0, 0.1) is 0 Å². The highest BCUT2D eigenvalue weighted by molar-refractivity contribution is 6.28. The summed E-state index contributed by atoms with van der Waals surface area (Å²) in [5, 5.41) is 7.66. The predicted octanol–water partition coefficient (Wildman–Crippen LogP) is 10.0. The summed E-state index contributed by atoms with van der Waals surface area (Å²) < 4.78 is 0. The van der Waals surface area contributed by atoms with Crippen molar-refractivity contribution in [2.75, 3.05) is 0 Å². The molecule has 0 aliphatic carbocycles. The molecule has 8 aromatic rings. The molecule has 2 aromatic heterocycles. The fourth-order valence-electron chi connectivity index (χ4n) is 6.09. The maximum atomic E-state index is 4.46. The van der Waals surface area contributed by atoms with E-state index in [-0.39, 0.29) is 0 Å². The molecule has 0 bridgehead atoms. The average molecular weight is 509 g/mol. The molecule has 0 aliphatic heterocycles. The first-order valence-electron chi connectivity index (χ1n) is 13.6. The van der Waals surface area contributed by atoms with Gasteiger partial charge in [0.1, 0.15) is 0 Å². The number of rotatable bonds is 4. The van der Waals surface area contributed by atoms with Crippen LogP contribution in [0.2, 0.25) is 0 Å². The first-order chi connectivity index (χ1) is 19.8. The third kappa shape index (κ3) is 3.65. The molecule has 0 spiro atoms. The highest BCUT2D eigenvalue weighted by atomic mass is 14.6. The van der Waals surface area contributed by atoms with Gasteiger partial charge in [0, 0.05) is 30.4 Å². The van der Waals surface area contributed by atoms with Crippen LogP contribution in [0.5, 0.6) is 0 Å². The van der Waals surface area contributed by atoms with Gasteiger partial charge in [0.2, 0.25) is 0 Å². The number of nitrogens with zero attached hydrogens (tertiary/aromatic N) is 2. The Hall–Kier alpha value is -5.34. The Morgan fingerprint density at radius 3 is 1.52 bits per heavy atom. The van der Waals surface area contributed by atoms with E-state index in [1.807, 2.05) is 36.9 Å². The third-order valence-electron chi connectivity index (χ3n) is 7.99. The van der Waals surface area contributed by atoms with Gasteiger partial charge in [-0.25, -0.2) is 0 Å². The van der Waals surface area contributed by atoms with Crippen molar-refractivity contribution in [2.24, 2.45) is 0 Å². The molecule has 0 unspecified atom stereocenters. The summed E-state index contributed by atoms with van der Waals surface area (Å²) in [6.45, 7) is 0. The van der Waals surface area contributed by atoms with Crippen LogP contribution >= 0.6 is 0 Å². The predicted molar refractivity (Wildman–Crippen MR) is 167 cm³/mol. The fraction of sp³-hybridized carbons (Fsp3) is 0. The van der Waals surface area contributed by atoms with Crippen LogP contribution in [0.1, 0.15) is 0 Å². The summed E-state index contributed by atoms with van der Waals surface area (Å²) in [7, 11) is 0. The van der Waals surface area contributed by atoms with E-state index in [1.54, 1.807) is 0 Å². The summed E-state index contributed by atoms with van der Waals surface area (Å²) in [6.07, 6.45) is 7.53. The van der Waals surface area contributed by atoms with Gasteiger partial charge in [-0.3, -0.25) is 9.97 Å². The van der Waals surface area contributed by atoms with E-state index in [4.69, 9.17) is 0 Å². The van der Waals surface area contributed by atoms with Crippen LogP contribution in [0.4, 0.5) is 0 Å². The van der Waals surface area contributed by atoms with Crippen LogP contribution in [0.3, 0.4) is 0 Å². The smallest absolute Gasteiger partial charge is 0.0346 e. The topological polar surface area (TPSA) is 25.8 Å². The van der Waals surface area contributed by atoms with Gasteiger partial charge in [0.15, 0.2) is 0 Å². The molecule has 0 saturated heterocycles. The van der Waals surface area contributed by atoms with Crippen molar-refractivity contribution < 1.29 is 0 Å². The van der Waals surface area contributed by atoms with Crippen LogP contribution < -0.4 is 0 Å². The van der Waals surface area contributed by atoms with Crippen LogP contribution in [0.15, 0.2) is 146 Å². The van der Waals surface area contributed by atoms with Crippen molar-refractivity contribution in [3.05, 3.63) is 146 Å². The molecular formula is C38H24N2. The summed E-state index contributed by atoms with van der Waals surface area (Å²) in [4.78, 5) is 8.75. The molecular weight excluding hydrogens is 484 g/mol. The van der Waals surface area contributed by atoms with Gasteiger partial charge in [0.25, 0.3) is 0 Å². The van der Waals surface area contributed by atoms with E-state index in [0.29, 0.717) is 0 Å². The molecule has 0 atom stereocenters. The van der Waals surface area contributed by atoms with E-state index >= 15 is 0 Å². The number of pyridine rings is 2. The van der Waals surface area contributed by atoms with Gasteiger partial charge in [-0.1, -0.05) is 91.0 Å². The normalized spacial score (nSPS) is 11.5. The molecule has 0 N–H and O–H groups in total. The first kappa shape index (κ1) is 22.6. The molecule has 0 saturated carbocycles. The van der Waals surface area contributed by atoms with Gasteiger partial charge < -0.3 is 0 Å². The van der Waals surface area contributed by atoms with Gasteiger partial charge in [-0.05, 0) is 102 Å². The van der Waals surface area contributed by atoms with Gasteiger partial charge in [0.05, 0.1) is 0 Å². The summed E-state index contributed by atoms with van der Waals surface area (Å²) in [5.74, 6) is 0. The third-order valence-corrected chi connectivity index (χ3v) is 7.99. The van der Waals surface area contributed by atoms with Gasteiger partial charge >= 0.3 is 0 Å². The molecule has 2 nitrogen and oxygen atoms in total. The minimum atomic E-state index is 1.12. The van der Waals surface area contributed by atoms with Crippen molar-refractivity contribution in [1.82, 2.24) is 9.97 Å². The Morgan fingerprint density at radius 1 is 0.350 bits per heavy atom. The molecule has 40 heavy (non-hydrogen) atoms. The Kier molecular flexibility index (Phi) is 5.17. The lowest BCUT2D eigenvalue weighted by atomic mass is 9.85. The second-order valence-electron chi connectivity index (χ2n) is 10.3. The number of aromatic nitrogens is 2. The molecule has 2 heterocycles. The lowest BCUT2D eigenvalue weighted by molar-refractivity contribution is 1.33. The molecule has 8 rings (SSSR count). The van der Waals surface area contributed by atoms with Crippen molar-refractivity contribution in [3.8, 4) is 44.5 Å². The Balaban J connectivity index is 1.41. The van der Waals surface area contributed by atoms with E-state index in [1.165, 1.54) is 60.1 Å². The second-order valence-corrected chi connectivity index (χ2v) is 10.3. The van der Waals surface area contributed by atoms with E-state index < -0.39 is 0 Å². The standard InChI is InChI=1S/C38H24N2/c1-2-6-25(7-3-1)32-20-28-14-16-33-35(27-12-10-26(11-13-27)30-8-4-18-39-23-30)22-36(31-9-5-19-40-24-31)34-17-15-29(21-32)37(28)38(33)34/h1-24H. The zero-order valence-corrected chi connectivity index (χ0v) is 21.8. The summed E-state index contributed by atoms with van der Waals surface area (Å²) >= 11 is 0. The monoisotopic (exact) mass is 508 g/mol. The molecule has 0 fully saturated rings. The zero-order chi connectivity index (χ0) is 26.5. The SMILES string of the molecule is c1ccc(-c2cc3ccc4c(-c5ccc(-c6cccnc6)cc5)cc(-c5cccnc5)c5ccc(c2)c3c45)cc1. The number of hydrogen-bond acceptors (Lipinski definition) is 2. The molecule has 0 amide bonds. The number of benzene rings is 6. The van der Waals surface area contributed by atoms with Crippen LogP contribution in [-0.4, -0.2) is 9.97 Å². The van der Waals surface area contributed by atoms with Crippen molar-refractivity contribution in [1.29, 1.82) is 0 Å². The molecule has 6 aromatic carbocycles. The van der Waals surface area contributed by atoms with Crippen LogP contribution in [-0.2, 0) is 0 Å². The van der Waals surface area contributed by atoms with Gasteiger partial charge in [-0.15, -0.1) is 0 Å². The van der Waals surface area contributed by atoms with Crippen molar-refractivity contribution in [3.63, 3.8) is 0 Å². The maximum Gasteiger partial charge on any atom is 0.0346 e. The van der Waals surface area contributed by atoms with E-state index in [0.717, 1.165) is 16.7 Å². The Labute approximate surface area is 232 Å². The first-order valence-corrected chi connectivity index (χ1v) is 13.6.